The van der Waals surface area contributed by atoms with Crippen LogP contribution in [0.4, 0.5) is 5.69 Å². The molecule has 5 nitrogen and oxygen atoms in total. The molecule has 1 aromatic carbocycles. The van der Waals surface area contributed by atoms with Crippen LogP contribution in [-0.2, 0) is 9.53 Å². The van der Waals surface area contributed by atoms with Gasteiger partial charge in [0.05, 0.1) is 0 Å². The molecule has 0 aliphatic carbocycles. The SMILES string of the molecule is O=C(Nc1cccc(Oc2ccncc2)c1)C1CCOCC1. The highest BCUT2D eigenvalue weighted by atomic mass is 16.5. The van der Waals surface area contributed by atoms with Crippen LogP contribution in [0.5, 0.6) is 11.5 Å². The summed E-state index contributed by atoms with van der Waals surface area (Å²) >= 11 is 0. The number of rotatable bonds is 4. The fraction of sp³-hybridized carbons (Fsp3) is 0.294. The number of aromatic nitrogens is 1. The zero-order valence-electron chi connectivity index (χ0n) is 12.2. The van der Waals surface area contributed by atoms with Crippen molar-refractivity contribution in [2.75, 3.05) is 18.5 Å². The Morgan fingerprint density at radius 3 is 2.68 bits per heavy atom. The van der Waals surface area contributed by atoms with E-state index in [2.05, 4.69) is 10.3 Å². The Labute approximate surface area is 129 Å². The van der Waals surface area contributed by atoms with Gasteiger partial charge in [-0.15, -0.1) is 0 Å². The molecule has 3 rings (SSSR count). The van der Waals surface area contributed by atoms with E-state index in [0.29, 0.717) is 24.7 Å². The number of anilines is 1. The minimum Gasteiger partial charge on any atom is -0.457 e. The molecule has 5 heteroatoms. The van der Waals surface area contributed by atoms with Crippen LogP contribution in [0.15, 0.2) is 48.8 Å². The Balaban J connectivity index is 1.64. The summed E-state index contributed by atoms with van der Waals surface area (Å²) in [5.41, 5.74) is 0.739. The molecule has 114 valence electrons. The average Bonchev–Trinajstić information content (AvgIpc) is 2.57. The Morgan fingerprint density at radius 2 is 1.91 bits per heavy atom. The lowest BCUT2D eigenvalue weighted by Crippen LogP contribution is -2.28. The smallest absolute Gasteiger partial charge is 0.227 e. The fourth-order valence-electron chi connectivity index (χ4n) is 2.38. The largest absolute Gasteiger partial charge is 0.457 e. The molecule has 1 saturated heterocycles. The molecule has 0 bridgehead atoms. The Morgan fingerprint density at radius 1 is 1.14 bits per heavy atom. The lowest BCUT2D eigenvalue weighted by molar-refractivity contribution is -0.122. The van der Waals surface area contributed by atoms with Gasteiger partial charge in [-0.25, -0.2) is 0 Å². The highest BCUT2D eigenvalue weighted by Gasteiger charge is 2.21. The van der Waals surface area contributed by atoms with Gasteiger partial charge in [-0.3, -0.25) is 9.78 Å². The summed E-state index contributed by atoms with van der Waals surface area (Å²) in [4.78, 5) is 16.2. The van der Waals surface area contributed by atoms with Crippen molar-refractivity contribution in [3.05, 3.63) is 48.8 Å². The van der Waals surface area contributed by atoms with Gasteiger partial charge in [0, 0.05) is 43.3 Å². The van der Waals surface area contributed by atoms with E-state index in [0.717, 1.165) is 18.5 Å². The number of carbonyl (C=O) groups is 1. The zero-order chi connectivity index (χ0) is 15.2. The highest BCUT2D eigenvalue weighted by Crippen LogP contribution is 2.24. The van der Waals surface area contributed by atoms with E-state index in [4.69, 9.17) is 9.47 Å². The Hall–Kier alpha value is -2.40. The third-order valence-corrected chi connectivity index (χ3v) is 3.58. The molecule has 1 fully saturated rings. The van der Waals surface area contributed by atoms with Crippen LogP contribution >= 0.6 is 0 Å². The molecule has 1 N–H and O–H groups in total. The first kappa shape index (κ1) is 14.5. The molecule has 2 heterocycles. The summed E-state index contributed by atoms with van der Waals surface area (Å²) in [5.74, 6) is 1.46. The number of nitrogens with one attached hydrogen (secondary N) is 1. The van der Waals surface area contributed by atoms with Crippen molar-refractivity contribution in [2.24, 2.45) is 5.92 Å². The number of benzene rings is 1. The van der Waals surface area contributed by atoms with E-state index in [1.54, 1.807) is 24.5 Å². The molecule has 0 saturated carbocycles. The summed E-state index contributed by atoms with van der Waals surface area (Å²) in [5, 5.41) is 2.95. The van der Waals surface area contributed by atoms with Gasteiger partial charge in [0.2, 0.25) is 5.91 Å². The van der Waals surface area contributed by atoms with Crippen molar-refractivity contribution in [1.29, 1.82) is 0 Å². The van der Waals surface area contributed by atoms with Crippen molar-refractivity contribution >= 4 is 11.6 Å². The number of amides is 1. The molecule has 0 radical (unpaired) electrons. The van der Waals surface area contributed by atoms with Gasteiger partial charge in [-0.05, 0) is 37.1 Å². The van der Waals surface area contributed by atoms with Gasteiger partial charge in [-0.2, -0.15) is 0 Å². The van der Waals surface area contributed by atoms with Crippen LogP contribution in [0.25, 0.3) is 0 Å². The molecular weight excluding hydrogens is 280 g/mol. The fourth-order valence-corrected chi connectivity index (χ4v) is 2.38. The van der Waals surface area contributed by atoms with E-state index in [1.165, 1.54) is 0 Å². The van der Waals surface area contributed by atoms with Gasteiger partial charge in [0.1, 0.15) is 11.5 Å². The lowest BCUT2D eigenvalue weighted by atomic mass is 9.99. The summed E-state index contributed by atoms with van der Waals surface area (Å²) in [6.45, 7) is 1.31. The first-order chi connectivity index (χ1) is 10.8. The monoisotopic (exact) mass is 298 g/mol. The van der Waals surface area contributed by atoms with Gasteiger partial charge in [0.25, 0.3) is 0 Å². The number of hydrogen-bond acceptors (Lipinski definition) is 4. The number of carbonyl (C=O) groups excluding carboxylic acids is 1. The number of hydrogen-bond donors (Lipinski definition) is 1. The zero-order valence-corrected chi connectivity index (χ0v) is 12.2. The lowest BCUT2D eigenvalue weighted by Gasteiger charge is -2.21. The topological polar surface area (TPSA) is 60.5 Å². The first-order valence-electron chi connectivity index (χ1n) is 7.38. The molecule has 22 heavy (non-hydrogen) atoms. The van der Waals surface area contributed by atoms with Gasteiger partial charge >= 0.3 is 0 Å². The summed E-state index contributed by atoms with van der Waals surface area (Å²) < 4.78 is 11.0. The quantitative estimate of drug-likeness (QED) is 0.941. The second-order valence-electron chi connectivity index (χ2n) is 5.19. The second-order valence-corrected chi connectivity index (χ2v) is 5.19. The van der Waals surface area contributed by atoms with E-state index in [9.17, 15) is 4.79 Å². The maximum atomic E-state index is 12.2. The van der Waals surface area contributed by atoms with E-state index >= 15 is 0 Å². The van der Waals surface area contributed by atoms with Crippen molar-refractivity contribution < 1.29 is 14.3 Å². The molecule has 1 amide bonds. The summed E-state index contributed by atoms with van der Waals surface area (Å²) in [6, 6.07) is 11.0. The van der Waals surface area contributed by atoms with Crippen LogP contribution in [0, 0.1) is 5.92 Å². The van der Waals surface area contributed by atoms with Crippen molar-refractivity contribution in [1.82, 2.24) is 4.98 Å². The number of ether oxygens (including phenoxy) is 2. The average molecular weight is 298 g/mol. The van der Waals surface area contributed by atoms with Crippen LogP contribution < -0.4 is 10.1 Å². The third kappa shape index (κ3) is 3.83. The summed E-state index contributed by atoms with van der Waals surface area (Å²) in [7, 11) is 0. The molecule has 1 aromatic heterocycles. The van der Waals surface area contributed by atoms with Crippen molar-refractivity contribution in [3.63, 3.8) is 0 Å². The number of pyridine rings is 1. The highest BCUT2D eigenvalue weighted by molar-refractivity contribution is 5.92. The summed E-state index contributed by atoms with van der Waals surface area (Å²) in [6.07, 6.45) is 4.90. The molecule has 1 aliphatic rings. The predicted molar refractivity (Wildman–Crippen MR) is 82.9 cm³/mol. The minimum absolute atomic E-state index is 0.0264. The molecule has 0 spiro atoms. The maximum Gasteiger partial charge on any atom is 0.227 e. The maximum absolute atomic E-state index is 12.2. The normalized spacial score (nSPS) is 15.3. The second kappa shape index (κ2) is 7.04. The standard InChI is InChI=1S/C17H18N2O3/c20-17(13-6-10-21-11-7-13)19-14-2-1-3-16(12-14)22-15-4-8-18-9-5-15/h1-5,8-9,12-13H,6-7,10-11H2,(H,19,20). The van der Waals surface area contributed by atoms with Crippen molar-refractivity contribution in [3.8, 4) is 11.5 Å². The first-order valence-corrected chi connectivity index (χ1v) is 7.38. The van der Waals surface area contributed by atoms with Gasteiger partial charge in [0.15, 0.2) is 0 Å². The number of nitrogens with zero attached hydrogens (tertiary/aromatic N) is 1. The van der Waals surface area contributed by atoms with Crippen LogP contribution in [0.1, 0.15) is 12.8 Å². The molecule has 1 aliphatic heterocycles. The Kier molecular flexibility index (Phi) is 4.65. The van der Waals surface area contributed by atoms with E-state index in [-0.39, 0.29) is 11.8 Å². The molecule has 0 unspecified atom stereocenters. The van der Waals surface area contributed by atoms with Gasteiger partial charge < -0.3 is 14.8 Å². The predicted octanol–water partition coefficient (Wildman–Crippen LogP) is 3.24. The van der Waals surface area contributed by atoms with Crippen LogP contribution in [-0.4, -0.2) is 24.1 Å². The van der Waals surface area contributed by atoms with E-state index < -0.39 is 0 Å². The molecule has 0 atom stereocenters. The van der Waals surface area contributed by atoms with Crippen LogP contribution in [0.2, 0.25) is 0 Å². The van der Waals surface area contributed by atoms with Crippen LogP contribution in [0.3, 0.4) is 0 Å². The molecule has 2 aromatic rings. The molecular formula is C17H18N2O3. The van der Waals surface area contributed by atoms with Crippen molar-refractivity contribution in [2.45, 2.75) is 12.8 Å². The third-order valence-electron chi connectivity index (χ3n) is 3.58. The van der Waals surface area contributed by atoms with Gasteiger partial charge in [-0.1, -0.05) is 6.07 Å². The minimum atomic E-state index is 0.0264. The Bertz CT molecular complexity index is 625. The van der Waals surface area contributed by atoms with E-state index in [1.807, 2.05) is 24.3 Å².